The highest BCUT2D eigenvalue weighted by atomic mass is 16.5. The van der Waals surface area contributed by atoms with Crippen LogP contribution in [0.1, 0.15) is 35.1 Å². The maximum absolute atomic E-state index is 12.4. The lowest BCUT2D eigenvalue weighted by Gasteiger charge is -2.31. The minimum Gasteiger partial charge on any atom is -0.483 e. The lowest BCUT2D eigenvalue weighted by atomic mass is 10.0. The highest BCUT2D eigenvalue weighted by Crippen LogP contribution is 2.29. The van der Waals surface area contributed by atoms with Crippen molar-refractivity contribution in [2.75, 3.05) is 32.0 Å². The summed E-state index contributed by atoms with van der Waals surface area (Å²) < 4.78 is 5.79. The monoisotopic (exact) mass is 407 g/mol. The molecule has 3 rings (SSSR count). The van der Waals surface area contributed by atoms with Gasteiger partial charge in [-0.25, -0.2) is 0 Å². The zero-order valence-electron chi connectivity index (χ0n) is 18.3. The van der Waals surface area contributed by atoms with E-state index in [1.807, 2.05) is 32.9 Å². The predicted molar refractivity (Wildman–Crippen MR) is 124 cm³/mol. The van der Waals surface area contributed by atoms with Gasteiger partial charge in [-0.1, -0.05) is 42.5 Å². The molecule has 30 heavy (non-hydrogen) atoms. The number of likely N-dealkylation sites (tertiary alicyclic amines) is 1. The molecule has 2 aromatic carbocycles. The molecule has 1 amide bonds. The molecule has 0 atom stereocenters. The van der Waals surface area contributed by atoms with E-state index in [9.17, 15) is 4.79 Å². The van der Waals surface area contributed by atoms with Crippen LogP contribution in [0.5, 0.6) is 5.75 Å². The van der Waals surface area contributed by atoms with Crippen LogP contribution >= 0.6 is 0 Å². The van der Waals surface area contributed by atoms with Gasteiger partial charge in [-0.15, -0.1) is 0 Å². The van der Waals surface area contributed by atoms with Gasteiger partial charge in [0.1, 0.15) is 5.75 Å². The van der Waals surface area contributed by atoms with Crippen molar-refractivity contribution in [3.63, 3.8) is 0 Å². The first kappa shape index (κ1) is 21.9. The first-order valence-electron chi connectivity index (χ1n) is 10.7. The van der Waals surface area contributed by atoms with Crippen LogP contribution in [-0.2, 0) is 4.79 Å². The minimum absolute atomic E-state index is 0.0314. The Balaban J connectivity index is 1.40. The molecular weight excluding hydrogens is 374 g/mol. The van der Waals surface area contributed by atoms with Crippen molar-refractivity contribution in [1.29, 1.82) is 0 Å². The molecule has 0 aromatic heterocycles. The molecule has 0 saturated carbocycles. The van der Waals surface area contributed by atoms with E-state index in [2.05, 4.69) is 46.6 Å². The summed E-state index contributed by atoms with van der Waals surface area (Å²) in [6.45, 7) is 8.85. The number of nitrogens with one attached hydrogen (secondary N) is 1. The standard InChI is InChI=1S/C25H33N3O2/c1-18-16-23(19(2)20(3)25(18)26)30-17-24(29)27-22-11-14-28(15-12-22)13-7-10-21-8-5-4-6-9-21/h4-10,16,22H,11-15,17,26H2,1-3H3,(H,27,29). The average Bonchev–Trinajstić information content (AvgIpc) is 2.76. The summed E-state index contributed by atoms with van der Waals surface area (Å²) in [5.41, 5.74) is 11.0. The van der Waals surface area contributed by atoms with Gasteiger partial charge in [-0.3, -0.25) is 9.69 Å². The smallest absolute Gasteiger partial charge is 0.258 e. The number of rotatable bonds is 7. The Morgan fingerprint density at radius 2 is 1.87 bits per heavy atom. The molecular formula is C25H33N3O2. The van der Waals surface area contributed by atoms with Gasteiger partial charge in [-0.05, 0) is 61.9 Å². The van der Waals surface area contributed by atoms with Gasteiger partial charge in [0.2, 0.25) is 0 Å². The zero-order valence-corrected chi connectivity index (χ0v) is 18.3. The number of hydrogen-bond donors (Lipinski definition) is 2. The summed E-state index contributed by atoms with van der Waals surface area (Å²) in [5, 5.41) is 3.12. The van der Waals surface area contributed by atoms with Gasteiger partial charge in [0, 0.05) is 31.4 Å². The number of carbonyl (C=O) groups is 1. The molecule has 0 bridgehead atoms. The molecule has 0 aliphatic carbocycles. The Hall–Kier alpha value is -2.79. The van der Waals surface area contributed by atoms with Crippen molar-refractivity contribution in [2.45, 2.75) is 39.7 Å². The normalized spacial score (nSPS) is 15.4. The third-order valence-electron chi connectivity index (χ3n) is 5.89. The van der Waals surface area contributed by atoms with E-state index >= 15 is 0 Å². The summed E-state index contributed by atoms with van der Waals surface area (Å²) in [7, 11) is 0. The van der Waals surface area contributed by atoms with Crippen LogP contribution in [0, 0.1) is 20.8 Å². The number of ether oxygens (including phenoxy) is 1. The van der Waals surface area contributed by atoms with E-state index < -0.39 is 0 Å². The molecule has 3 N–H and O–H groups in total. The fourth-order valence-electron chi connectivity index (χ4n) is 3.79. The van der Waals surface area contributed by atoms with Gasteiger partial charge >= 0.3 is 0 Å². The van der Waals surface area contributed by atoms with Crippen molar-refractivity contribution in [2.24, 2.45) is 0 Å². The van der Waals surface area contributed by atoms with E-state index in [-0.39, 0.29) is 18.6 Å². The summed E-state index contributed by atoms with van der Waals surface area (Å²) in [6.07, 6.45) is 6.29. The van der Waals surface area contributed by atoms with Crippen molar-refractivity contribution in [1.82, 2.24) is 10.2 Å². The van der Waals surface area contributed by atoms with Crippen molar-refractivity contribution >= 4 is 17.7 Å². The fourth-order valence-corrected chi connectivity index (χ4v) is 3.79. The predicted octanol–water partition coefficient (Wildman–Crippen LogP) is 3.87. The van der Waals surface area contributed by atoms with Crippen LogP contribution in [0.3, 0.4) is 0 Å². The number of carbonyl (C=O) groups excluding carboxylic acids is 1. The molecule has 0 unspecified atom stereocenters. The third-order valence-corrected chi connectivity index (χ3v) is 5.89. The molecule has 160 valence electrons. The van der Waals surface area contributed by atoms with Crippen LogP contribution in [0.4, 0.5) is 5.69 Å². The first-order valence-corrected chi connectivity index (χ1v) is 10.7. The van der Waals surface area contributed by atoms with E-state index in [0.717, 1.165) is 60.6 Å². The SMILES string of the molecule is Cc1cc(OCC(=O)NC2CCN(CC=Cc3ccccc3)CC2)c(C)c(C)c1N. The number of anilines is 1. The highest BCUT2D eigenvalue weighted by Gasteiger charge is 2.20. The fraction of sp³-hybridized carbons (Fsp3) is 0.400. The molecule has 1 saturated heterocycles. The number of aryl methyl sites for hydroxylation is 1. The van der Waals surface area contributed by atoms with E-state index in [0.29, 0.717) is 0 Å². The van der Waals surface area contributed by atoms with Gasteiger partial charge < -0.3 is 15.8 Å². The number of hydrogen-bond acceptors (Lipinski definition) is 4. The van der Waals surface area contributed by atoms with Crippen LogP contribution < -0.4 is 15.8 Å². The van der Waals surface area contributed by atoms with Crippen LogP contribution in [-0.4, -0.2) is 43.1 Å². The van der Waals surface area contributed by atoms with E-state index in [1.165, 1.54) is 5.56 Å². The maximum Gasteiger partial charge on any atom is 0.258 e. The van der Waals surface area contributed by atoms with Crippen molar-refractivity contribution < 1.29 is 9.53 Å². The molecule has 1 fully saturated rings. The Morgan fingerprint density at radius 3 is 2.57 bits per heavy atom. The first-order chi connectivity index (χ1) is 14.4. The van der Waals surface area contributed by atoms with Gasteiger partial charge in [0.05, 0.1) is 0 Å². The Morgan fingerprint density at radius 1 is 1.17 bits per heavy atom. The minimum atomic E-state index is -0.0658. The molecule has 5 nitrogen and oxygen atoms in total. The Labute approximate surface area is 179 Å². The lowest BCUT2D eigenvalue weighted by molar-refractivity contribution is -0.124. The maximum atomic E-state index is 12.4. The number of benzene rings is 2. The molecule has 1 heterocycles. The highest BCUT2D eigenvalue weighted by molar-refractivity contribution is 5.78. The lowest BCUT2D eigenvalue weighted by Crippen LogP contribution is -2.45. The summed E-state index contributed by atoms with van der Waals surface area (Å²) in [4.78, 5) is 14.8. The van der Waals surface area contributed by atoms with Crippen LogP contribution in [0.2, 0.25) is 0 Å². The second-order valence-electron chi connectivity index (χ2n) is 8.10. The molecule has 0 radical (unpaired) electrons. The van der Waals surface area contributed by atoms with Crippen molar-refractivity contribution in [3.8, 4) is 5.75 Å². The number of nitrogens with zero attached hydrogens (tertiary/aromatic N) is 1. The topological polar surface area (TPSA) is 67.6 Å². The zero-order chi connectivity index (χ0) is 21.5. The summed E-state index contributed by atoms with van der Waals surface area (Å²) in [6, 6.07) is 12.5. The second kappa shape index (κ2) is 10.3. The van der Waals surface area contributed by atoms with E-state index in [4.69, 9.17) is 10.5 Å². The third kappa shape index (κ3) is 5.86. The molecule has 0 spiro atoms. The van der Waals surface area contributed by atoms with Crippen LogP contribution in [0.15, 0.2) is 42.5 Å². The van der Waals surface area contributed by atoms with Gasteiger partial charge in [0.25, 0.3) is 5.91 Å². The largest absolute Gasteiger partial charge is 0.483 e. The molecule has 5 heteroatoms. The van der Waals surface area contributed by atoms with Crippen molar-refractivity contribution in [3.05, 3.63) is 64.7 Å². The van der Waals surface area contributed by atoms with E-state index in [1.54, 1.807) is 0 Å². The number of amides is 1. The molecule has 2 aromatic rings. The quantitative estimate of drug-likeness (QED) is 0.684. The number of nitrogen functional groups attached to an aromatic ring is 1. The van der Waals surface area contributed by atoms with Gasteiger partial charge in [0.15, 0.2) is 6.61 Å². The van der Waals surface area contributed by atoms with Crippen LogP contribution in [0.25, 0.3) is 6.08 Å². The molecule has 1 aliphatic heterocycles. The van der Waals surface area contributed by atoms with Gasteiger partial charge in [-0.2, -0.15) is 0 Å². The Bertz CT molecular complexity index is 885. The average molecular weight is 408 g/mol. The number of piperidine rings is 1. The summed E-state index contributed by atoms with van der Waals surface area (Å²) >= 11 is 0. The Kier molecular flexibility index (Phi) is 7.52. The molecule has 1 aliphatic rings. The second-order valence-corrected chi connectivity index (χ2v) is 8.10. The summed E-state index contributed by atoms with van der Waals surface area (Å²) in [5.74, 6) is 0.665. The number of nitrogens with two attached hydrogens (primary N) is 1.